The molecule has 0 spiro atoms. The summed E-state index contributed by atoms with van der Waals surface area (Å²) in [7, 11) is 2.07. The van der Waals surface area contributed by atoms with E-state index < -0.39 is 0 Å². The zero-order valence-electron chi connectivity index (χ0n) is 14.1. The third-order valence-corrected chi connectivity index (χ3v) is 4.36. The molecule has 2 rings (SSSR count). The van der Waals surface area contributed by atoms with E-state index in [4.69, 9.17) is 0 Å². The number of carbonyl (C=O) groups is 1. The van der Waals surface area contributed by atoms with E-state index in [1.54, 1.807) is 0 Å². The molecule has 5 heteroatoms. The maximum atomic E-state index is 12.5. The fraction of sp³-hybridized carbons (Fsp3) is 0.647. The van der Waals surface area contributed by atoms with E-state index in [1.807, 2.05) is 23.2 Å². The molecule has 0 N–H and O–H groups in total. The molecule has 1 fully saturated rings. The first-order valence-corrected chi connectivity index (χ1v) is 8.34. The third-order valence-electron chi connectivity index (χ3n) is 4.36. The molecule has 22 heavy (non-hydrogen) atoms. The van der Waals surface area contributed by atoms with E-state index in [1.165, 1.54) is 12.8 Å². The van der Waals surface area contributed by atoms with Crippen molar-refractivity contribution in [2.75, 3.05) is 51.2 Å². The molecular weight excluding hydrogens is 276 g/mol. The monoisotopic (exact) mass is 304 g/mol. The third kappa shape index (κ3) is 4.19. The van der Waals surface area contributed by atoms with Crippen molar-refractivity contribution in [1.82, 2.24) is 14.8 Å². The normalized spacial score (nSPS) is 15.9. The van der Waals surface area contributed by atoms with E-state index in [0.717, 1.165) is 45.0 Å². The van der Waals surface area contributed by atoms with Gasteiger partial charge in [0.15, 0.2) is 0 Å². The Morgan fingerprint density at radius 2 is 1.95 bits per heavy atom. The molecule has 0 atom stereocenters. The number of pyridine rings is 1. The van der Waals surface area contributed by atoms with Crippen LogP contribution in [0.3, 0.4) is 0 Å². The van der Waals surface area contributed by atoms with Gasteiger partial charge >= 0.3 is 0 Å². The number of amides is 1. The Balaban J connectivity index is 1.94. The quantitative estimate of drug-likeness (QED) is 0.807. The van der Waals surface area contributed by atoms with Crippen molar-refractivity contribution in [1.29, 1.82) is 0 Å². The van der Waals surface area contributed by atoms with Gasteiger partial charge < -0.3 is 14.7 Å². The Kier molecular flexibility index (Phi) is 6.19. The predicted octanol–water partition coefficient (Wildman–Crippen LogP) is 2.10. The molecule has 0 unspecified atom stereocenters. The Hall–Kier alpha value is -1.62. The molecule has 0 saturated carbocycles. The maximum Gasteiger partial charge on any atom is 0.272 e. The summed E-state index contributed by atoms with van der Waals surface area (Å²) >= 11 is 0. The van der Waals surface area contributed by atoms with Crippen molar-refractivity contribution in [3.63, 3.8) is 0 Å². The first-order valence-electron chi connectivity index (χ1n) is 8.34. The summed E-state index contributed by atoms with van der Waals surface area (Å²) in [5.41, 5.74) is 1.62. The number of carbonyl (C=O) groups excluding carboxylic acids is 1. The van der Waals surface area contributed by atoms with Crippen LogP contribution in [0.1, 0.15) is 37.2 Å². The van der Waals surface area contributed by atoms with Gasteiger partial charge in [0.25, 0.3) is 5.91 Å². The first kappa shape index (κ1) is 16.7. The topological polar surface area (TPSA) is 39.7 Å². The van der Waals surface area contributed by atoms with Crippen LogP contribution in [0.2, 0.25) is 0 Å². The minimum atomic E-state index is 0.0542. The molecule has 1 aromatic heterocycles. The molecule has 122 valence electrons. The van der Waals surface area contributed by atoms with Crippen LogP contribution in [0.15, 0.2) is 18.3 Å². The SMILES string of the molecule is CCCCN(C)c1ccc(C(=O)N2CCN(CC)CC2)nc1. The average Bonchev–Trinajstić information content (AvgIpc) is 2.59. The largest absolute Gasteiger partial charge is 0.373 e. The minimum absolute atomic E-state index is 0.0542. The molecule has 0 bridgehead atoms. The summed E-state index contributed by atoms with van der Waals surface area (Å²) in [6.07, 6.45) is 4.15. The number of hydrogen-bond acceptors (Lipinski definition) is 4. The molecule has 0 aliphatic carbocycles. The summed E-state index contributed by atoms with van der Waals surface area (Å²) in [4.78, 5) is 23.3. The van der Waals surface area contributed by atoms with Crippen LogP contribution < -0.4 is 4.90 Å². The first-order chi connectivity index (χ1) is 10.7. The van der Waals surface area contributed by atoms with E-state index in [9.17, 15) is 4.79 Å². The highest BCUT2D eigenvalue weighted by Gasteiger charge is 2.22. The fourth-order valence-electron chi connectivity index (χ4n) is 2.69. The second kappa shape index (κ2) is 8.13. The maximum absolute atomic E-state index is 12.5. The van der Waals surface area contributed by atoms with Gasteiger partial charge in [-0.05, 0) is 25.1 Å². The van der Waals surface area contributed by atoms with Gasteiger partial charge in [0.1, 0.15) is 5.69 Å². The van der Waals surface area contributed by atoms with E-state index in [0.29, 0.717) is 5.69 Å². The van der Waals surface area contributed by atoms with Gasteiger partial charge in [-0.1, -0.05) is 20.3 Å². The molecule has 0 aromatic carbocycles. The smallest absolute Gasteiger partial charge is 0.272 e. The van der Waals surface area contributed by atoms with E-state index >= 15 is 0 Å². The van der Waals surface area contributed by atoms with Crippen LogP contribution in [0.5, 0.6) is 0 Å². The number of anilines is 1. The zero-order chi connectivity index (χ0) is 15.9. The van der Waals surface area contributed by atoms with Crippen molar-refractivity contribution in [2.24, 2.45) is 0 Å². The van der Waals surface area contributed by atoms with Gasteiger partial charge in [0, 0.05) is 39.8 Å². The summed E-state index contributed by atoms with van der Waals surface area (Å²) in [5, 5.41) is 0. The number of aromatic nitrogens is 1. The molecule has 1 saturated heterocycles. The summed E-state index contributed by atoms with van der Waals surface area (Å²) < 4.78 is 0. The average molecular weight is 304 g/mol. The highest BCUT2D eigenvalue weighted by molar-refractivity contribution is 5.92. The standard InChI is InChI=1S/C17H28N4O/c1-4-6-9-19(3)15-7-8-16(18-14-15)17(22)21-12-10-20(5-2)11-13-21/h7-8,14H,4-6,9-13H2,1-3H3. The lowest BCUT2D eigenvalue weighted by Gasteiger charge is -2.33. The second-order valence-electron chi connectivity index (χ2n) is 5.90. The number of likely N-dealkylation sites (N-methyl/N-ethyl adjacent to an activating group) is 1. The van der Waals surface area contributed by atoms with Crippen molar-refractivity contribution in [3.8, 4) is 0 Å². The Bertz CT molecular complexity index is 466. The van der Waals surface area contributed by atoms with Crippen molar-refractivity contribution in [3.05, 3.63) is 24.0 Å². The van der Waals surface area contributed by atoms with E-state index in [-0.39, 0.29) is 5.91 Å². The molecule has 0 radical (unpaired) electrons. The minimum Gasteiger partial charge on any atom is -0.373 e. The second-order valence-corrected chi connectivity index (χ2v) is 5.90. The van der Waals surface area contributed by atoms with Crippen LogP contribution in [0.4, 0.5) is 5.69 Å². The summed E-state index contributed by atoms with van der Waals surface area (Å²) in [6, 6.07) is 3.85. The van der Waals surface area contributed by atoms with Crippen molar-refractivity contribution >= 4 is 11.6 Å². The molecule has 1 aliphatic heterocycles. The highest BCUT2D eigenvalue weighted by atomic mass is 16.2. The van der Waals surface area contributed by atoms with Crippen LogP contribution in [-0.4, -0.2) is 67.0 Å². The van der Waals surface area contributed by atoms with Gasteiger partial charge in [0.05, 0.1) is 11.9 Å². The molecule has 1 aliphatic rings. The van der Waals surface area contributed by atoms with Gasteiger partial charge in [-0.2, -0.15) is 0 Å². The highest BCUT2D eigenvalue weighted by Crippen LogP contribution is 2.14. The number of nitrogens with zero attached hydrogens (tertiary/aromatic N) is 4. The number of piperazine rings is 1. The Morgan fingerprint density at radius 3 is 2.50 bits per heavy atom. The lowest BCUT2D eigenvalue weighted by Crippen LogP contribution is -2.48. The lowest BCUT2D eigenvalue weighted by atomic mass is 10.2. The number of hydrogen-bond donors (Lipinski definition) is 0. The van der Waals surface area contributed by atoms with Crippen molar-refractivity contribution in [2.45, 2.75) is 26.7 Å². The van der Waals surface area contributed by atoms with E-state index in [2.05, 4.69) is 35.7 Å². The molecular formula is C17H28N4O. The Labute approximate surface area is 133 Å². The molecule has 5 nitrogen and oxygen atoms in total. The van der Waals surface area contributed by atoms with Crippen LogP contribution in [0.25, 0.3) is 0 Å². The van der Waals surface area contributed by atoms with Crippen LogP contribution in [-0.2, 0) is 0 Å². The summed E-state index contributed by atoms with van der Waals surface area (Å²) in [6.45, 7) is 9.93. The predicted molar refractivity (Wildman–Crippen MR) is 90.4 cm³/mol. The number of unbranched alkanes of at least 4 members (excludes halogenated alkanes) is 1. The zero-order valence-corrected chi connectivity index (χ0v) is 14.1. The van der Waals surface area contributed by atoms with Crippen LogP contribution in [0, 0.1) is 0 Å². The van der Waals surface area contributed by atoms with Gasteiger partial charge in [0.2, 0.25) is 0 Å². The fourth-order valence-corrected chi connectivity index (χ4v) is 2.69. The van der Waals surface area contributed by atoms with Crippen LogP contribution >= 0.6 is 0 Å². The van der Waals surface area contributed by atoms with Gasteiger partial charge in [-0.3, -0.25) is 4.79 Å². The van der Waals surface area contributed by atoms with Gasteiger partial charge in [-0.15, -0.1) is 0 Å². The lowest BCUT2D eigenvalue weighted by molar-refractivity contribution is 0.0637. The molecule has 1 amide bonds. The van der Waals surface area contributed by atoms with Gasteiger partial charge in [-0.25, -0.2) is 4.98 Å². The Morgan fingerprint density at radius 1 is 1.23 bits per heavy atom. The number of rotatable bonds is 6. The molecule has 2 heterocycles. The molecule has 1 aromatic rings. The van der Waals surface area contributed by atoms with Crippen molar-refractivity contribution < 1.29 is 4.79 Å². The summed E-state index contributed by atoms with van der Waals surface area (Å²) in [5.74, 6) is 0.0542.